The van der Waals surface area contributed by atoms with Gasteiger partial charge in [-0.15, -0.1) is 0 Å². The Morgan fingerprint density at radius 1 is 1.00 bits per heavy atom. The Balaban J connectivity index is 1.32. The van der Waals surface area contributed by atoms with Crippen LogP contribution in [0.3, 0.4) is 0 Å². The van der Waals surface area contributed by atoms with Crippen LogP contribution in [0.25, 0.3) is 0 Å². The van der Waals surface area contributed by atoms with Gasteiger partial charge in [-0.05, 0) is 56.1 Å². The standard InChI is InChI=1S/C24H31N3O3/c1-18(24(28)26-21-9-10-22-23(15-21)30-14-13-29-22)25-16-19-7-3-4-8-20(19)17-27-11-5-2-6-12-27/h3-4,7-10,15,18,25H,2,5-6,11-14,16-17H2,1H3,(H,26,28)/t18-/m1/s1. The minimum absolute atomic E-state index is 0.0693. The SMILES string of the molecule is C[C@@H](NCc1ccccc1CN1CCCCC1)C(=O)Nc1ccc2c(c1)OCCO2. The molecule has 0 spiro atoms. The molecule has 2 N–H and O–H groups in total. The molecule has 0 radical (unpaired) electrons. The van der Waals surface area contributed by atoms with Gasteiger partial charge in [0.1, 0.15) is 13.2 Å². The monoisotopic (exact) mass is 409 g/mol. The van der Waals surface area contributed by atoms with Gasteiger partial charge < -0.3 is 20.1 Å². The Labute approximate surface area is 178 Å². The maximum atomic E-state index is 12.6. The number of benzene rings is 2. The van der Waals surface area contributed by atoms with Crippen LogP contribution in [0.15, 0.2) is 42.5 Å². The van der Waals surface area contributed by atoms with Crippen LogP contribution in [0.5, 0.6) is 11.5 Å². The van der Waals surface area contributed by atoms with Gasteiger partial charge in [0.25, 0.3) is 0 Å². The summed E-state index contributed by atoms with van der Waals surface area (Å²) in [5.74, 6) is 1.32. The first kappa shape index (κ1) is 20.7. The second-order valence-corrected chi connectivity index (χ2v) is 8.06. The number of anilines is 1. The van der Waals surface area contributed by atoms with Crippen molar-refractivity contribution in [3.05, 3.63) is 53.6 Å². The van der Waals surface area contributed by atoms with E-state index in [2.05, 4.69) is 39.8 Å². The number of piperidine rings is 1. The van der Waals surface area contributed by atoms with E-state index >= 15 is 0 Å². The van der Waals surface area contributed by atoms with E-state index in [1.807, 2.05) is 25.1 Å². The van der Waals surface area contributed by atoms with Crippen LogP contribution in [-0.2, 0) is 17.9 Å². The highest BCUT2D eigenvalue weighted by Crippen LogP contribution is 2.32. The van der Waals surface area contributed by atoms with Gasteiger partial charge in [-0.2, -0.15) is 0 Å². The number of amides is 1. The Morgan fingerprint density at radius 3 is 2.53 bits per heavy atom. The van der Waals surface area contributed by atoms with E-state index in [-0.39, 0.29) is 11.9 Å². The van der Waals surface area contributed by atoms with Gasteiger partial charge in [-0.25, -0.2) is 0 Å². The van der Waals surface area contributed by atoms with Crippen LogP contribution in [0.2, 0.25) is 0 Å². The van der Waals surface area contributed by atoms with Crippen molar-refractivity contribution in [1.29, 1.82) is 0 Å². The second-order valence-electron chi connectivity index (χ2n) is 8.06. The van der Waals surface area contributed by atoms with Gasteiger partial charge in [0.15, 0.2) is 11.5 Å². The third-order valence-corrected chi connectivity index (χ3v) is 5.76. The van der Waals surface area contributed by atoms with Crippen molar-refractivity contribution in [2.24, 2.45) is 0 Å². The summed E-state index contributed by atoms with van der Waals surface area (Å²) in [6.07, 6.45) is 3.92. The fourth-order valence-electron chi connectivity index (χ4n) is 3.97. The Kier molecular flexibility index (Phi) is 6.87. The first-order chi connectivity index (χ1) is 14.7. The molecule has 1 amide bonds. The number of carbonyl (C=O) groups excluding carboxylic acids is 1. The molecular weight excluding hydrogens is 378 g/mol. The van der Waals surface area contributed by atoms with Crippen molar-refractivity contribution in [1.82, 2.24) is 10.2 Å². The van der Waals surface area contributed by atoms with Crippen LogP contribution in [0.4, 0.5) is 5.69 Å². The zero-order valence-electron chi connectivity index (χ0n) is 17.7. The Bertz CT molecular complexity index is 865. The van der Waals surface area contributed by atoms with Crippen LogP contribution in [0.1, 0.15) is 37.3 Å². The molecule has 6 heteroatoms. The first-order valence-corrected chi connectivity index (χ1v) is 10.9. The average molecular weight is 410 g/mol. The summed E-state index contributed by atoms with van der Waals surface area (Å²) < 4.78 is 11.1. The number of ether oxygens (including phenoxy) is 2. The summed E-state index contributed by atoms with van der Waals surface area (Å²) >= 11 is 0. The summed E-state index contributed by atoms with van der Waals surface area (Å²) in [4.78, 5) is 15.2. The number of hydrogen-bond acceptors (Lipinski definition) is 5. The number of rotatable bonds is 7. The van der Waals surface area contributed by atoms with Crippen LogP contribution >= 0.6 is 0 Å². The largest absolute Gasteiger partial charge is 0.486 e. The number of nitrogens with one attached hydrogen (secondary N) is 2. The highest BCUT2D eigenvalue weighted by atomic mass is 16.6. The van der Waals surface area contributed by atoms with Gasteiger partial charge in [-0.3, -0.25) is 9.69 Å². The zero-order chi connectivity index (χ0) is 20.8. The molecule has 2 aliphatic rings. The fourth-order valence-corrected chi connectivity index (χ4v) is 3.97. The molecule has 0 aromatic heterocycles. The topological polar surface area (TPSA) is 62.8 Å². The van der Waals surface area contributed by atoms with E-state index in [1.165, 1.54) is 43.5 Å². The second kappa shape index (κ2) is 9.96. The molecule has 160 valence electrons. The van der Waals surface area contributed by atoms with E-state index < -0.39 is 0 Å². The highest BCUT2D eigenvalue weighted by molar-refractivity contribution is 5.94. The molecule has 0 unspecified atom stereocenters. The number of carbonyl (C=O) groups is 1. The van der Waals surface area contributed by atoms with Gasteiger partial charge >= 0.3 is 0 Å². The maximum absolute atomic E-state index is 12.6. The summed E-state index contributed by atoms with van der Waals surface area (Å²) in [6, 6.07) is 13.7. The molecular formula is C24H31N3O3. The number of nitrogens with zero attached hydrogens (tertiary/aromatic N) is 1. The lowest BCUT2D eigenvalue weighted by atomic mass is 10.0. The van der Waals surface area contributed by atoms with Crippen molar-refractivity contribution < 1.29 is 14.3 Å². The zero-order valence-corrected chi connectivity index (χ0v) is 17.7. The number of fused-ring (bicyclic) bond motifs is 1. The lowest BCUT2D eigenvalue weighted by Crippen LogP contribution is -2.38. The molecule has 0 saturated carbocycles. The number of hydrogen-bond donors (Lipinski definition) is 2. The van der Waals surface area contributed by atoms with Crippen molar-refractivity contribution in [2.75, 3.05) is 31.6 Å². The molecule has 2 aliphatic heterocycles. The smallest absolute Gasteiger partial charge is 0.241 e. The molecule has 1 atom stereocenters. The van der Waals surface area contributed by atoms with E-state index in [9.17, 15) is 4.79 Å². The van der Waals surface area contributed by atoms with Crippen molar-refractivity contribution >= 4 is 11.6 Å². The lowest BCUT2D eigenvalue weighted by Gasteiger charge is -2.27. The molecule has 0 aliphatic carbocycles. The van der Waals surface area contributed by atoms with E-state index in [1.54, 1.807) is 0 Å². The summed E-state index contributed by atoms with van der Waals surface area (Å²) in [7, 11) is 0. The summed E-state index contributed by atoms with van der Waals surface area (Å²) in [5, 5.41) is 6.34. The summed E-state index contributed by atoms with van der Waals surface area (Å²) in [6.45, 7) is 6.97. The molecule has 6 nitrogen and oxygen atoms in total. The molecule has 2 aromatic rings. The highest BCUT2D eigenvalue weighted by Gasteiger charge is 2.17. The third-order valence-electron chi connectivity index (χ3n) is 5.76. The molecule has 30 heavy (non-hydrogen) atoms. The maximum Gasteiger partial charge on any atom is 0.241 e. The van der Waals surface area contributed by atoms with E-state index in [4.69, 9.17) is 9.47 Å². The molecule has 2 heterocycles. The third kappa shape index (κ3) is 5.32. The predicted octanol–water partition coefficient (Wildman–Crippen LogP) is 3.56. The summed E-state index contributed by atoms with van der Waals surface area (Å²) in [5.41, 5.74) is 3.30. The molecule has 0 bridgehead atoms. The average Bonchev–Trinajstić information content (AvgIpc) is 2.79. The predicted molar refractivity (Wildman–Crippen MR) is 118 cm³/mol. The first-order valence-electron chi connectivity index (χ1n) is 10.9. The van der Waals surface area contributed by atoms with Crippen LogP contribution in [0, 0.1) is 0 Å². The number of likely N-dealkylation sites (tertiary alicyclic amines) is 1. The Hall–Kier alpha value is -2.57. The Morgan fingerprint density at radius 2 is 1.73 bits per heavy atom. The fraction of sp³-hybridized carbons (Fsp3) is 0.458. The van der Waals surface area contributed by atoms with Gasteiger partial charge in [0.2, 0.25) is 5.91 Å². The van der Waals surface area contributed by atoms with Crippen LogP contribution < -0.4 is 20.1 Å². The van der Waals surface area contributed by atoms with E-state index in [0.717, 1.165) is 12.3 Å². The molecule has 2 aromatic carbocycles. The van der Waals surface area contributed by atoms with Crippen molar-refractivity contribution in [2.45, 2.75) is 45.3 Å². The normalized spacial score (nSPS) is 17.4. The minimum Gasteiger partial charge on any atom is -0.486 e. The quantitative estimate of drug-likeness (QED) is 0.732. The van der Waals surface area contributed by atoms with Crippen molar-refractivity contribution in [3.8, 4) is 11.5 Å². The van der Waals surface area contributed by atoms with Gasteiger partial charge in [-0.1, -0.05) is 30.7 Å². The molecule has 4 rings (SSSR count). The molecule has 1 fully saturated rings. The van der Waals surface area contributed by atoms with Gasteiger partial charge in [0.05, 0.1) is 6.04 Å². The molecule has 1 saturated heterocycles. The van der Waals surface area contributed by atoms with E-state index in [0.29, 0.717) is 31.2 Å². The lowest BCUT2D eigenvalue weighted by molar-refractivity contribution is -0.117. The van der Waals surface area contributed by atoms with Crippen LogP contribution in [-0.4, -0.2) is 43.2 Å². The minimum atomic E-state index is -0.318. The van der Waals surface area contributed by atoms with Gasteiger partial charge in [0, 0.05) is 24.8 Å². The van der Waals surface area contributed by atoms with Crippen molar-refractivity contribution in [3.63, 3.8) is 0 Å².